The summed E-state index contributed by atoms with van der Waals surface area (Å²) in [6.45, 7) is 2.44. The highest BCUT2D eigenvalue weighted by molar-refractivity contribution is 6.31. The Morgan fingerprint density at radius 3 is 2.52 bits per heavy atom. The molecule has 0 saturated carbocycles. The molecule has 122 valence electrons. The Morgan fingerprint density at radius 1 is 1.13 bits per heavy atom. The van der Waals surface area contributed by atoms with Crippen LogP contribution in [0.2, 0.25) is 5.02 Å². The summed E-state index contributed by atoms with van der Waals surface area (Å²) in [5.74, 6) is 1.61. The normalized spacial score (nSPS) is 11.2. The zero-order valence-corrected chi connectivity index (χ0v) is 14.1. The molecule has 0 saturated heterocycles. The highest BCUT2D eigenvalue weighted by atomic mass is 35.5. The molecule has 0 unspecified atom stereocenters. The van der Waals surface area contributed by atoms with E-state index in [-0.39, 0.29) is 0 Å². The fourth-order valence-electron chi connectivity index (χ4n) is 2.08. The van der Waals surface area contributed by atoms with Crippen molar-refractivity contribution in [2.45, 2.75) is 13.5 Å². The first-order chi connectivity index (χ1) is 11.0. The summed E-state index contributed by atoms with van der Waals surface area (Å²) in [6.07, 6.45) is 0. The number of nitrogens with two attached hydrogens (primary N) is 1. The molecule has 2 aromatic rings. The Kier molecular flexibility index (Phi) is 5.71. The average Bonchev–Trinajstić information content (AvgIpc) is 2.55. The maximum Gasteiger partial charge on any atom is 0.193 e. The second-order valence-electron chi connectivity index (χ2n) is 4.98. The number of nitrogens with one attached hydrogen (secondary N) is 1. The Labute approximate surface area is 141 Å². The summed E-state index contributed by atoms with van der Waals surface area (Å²) in [6, 6.07) is 11.2. The van der Waals surface area contributed by atoms with E-state index in [0.29, 0.717) is 24.0 Å². The van der Waals surface area contributed by atoms with Crippen LogP contribution in [0.3, 0.4) is 0 Å². The van der Waals surface area contributed by atoms with Gasteiger partial charge in [-0.15, -0.1) is 0 Å². The van der Waals surface area contributed by atoms with Gasteiger partial charge in [-0.2, -0.15) is 0 Å². The van der Waals surface area contributed by atoms with E-state index in [0.717, 1.165) is 21.8 Å². The van der Waals surface area contributed by atoms with Gasteiger partial charge in [-0.25, -0.2) is 4.99 Å². The smallest absolute Gasteiger partial charge is 0.193 e. The summed E-state index contributed by atoms with van der Waals surface area (Å²) in [5.41, 5.74) is 8.76. The topological polar surface area (TPSA) is 68.9 Å². The van der Waals surface area contributed by atoms with Crippen molar-refractivity contribution in [2.24, 2.45) is 10.7 Å². The number of guanidine groups is 1. The number of benzene rings is 2. The van der Waals surface area contributed by atoms with Crippen molar-refractivity contribution < 1.29 is 9.47 Å². The van der Waals surface area contributed by atoms with Crippen molar-refractivity contribution in [3.63, 3.8) is 0 Å². The molecule has 0 aliphatic rings. The molecule has 0 bridgehead atoms. The largest absolute Gasteiger partial charge is 0.493 e. The van der Waals surface area contributed by atoms with Crippen molar-refractivity contribution in [1.82, 2.24) is 0 Å². The van der Waals surface area contributed by atoms with Gasteiger partial charge in [0.05, 0.1) is 20.8 Å². The molecule has 2 aromatic carbocycles. The third kappa shape index (κ3) is 4.53. The van der Waals surface area contributed by atoms with Crippen LogP contribution in [0, 0.1) is 6.92 Å². The van der Waals surface area contributed by atoms with Gasteiger partial charge in [0, 0.05) is 16.8 Å². The number of aryl methyl sites for hydroxylation is 1. The molecule has 0 aliphatic carbocycles. The van der Waals surface area contributed by atoms with E-state index in [2.05, 4.69) is 10.3 Å². The van der Waals surface area contributed by atoms with E-state index < -0.39 is 0 Å². The zero-order chi connectivity index (χ0) is 16.8. The van der Waals surface area contributed by atoms with Crippen LogP contribution in [0.4, 0.5) is 5.69 Å². The van der Waals surface area contributed by atoms with E-state index in [9.17, 15) is 0 Å². The van der Waals surface area contributed by atoms with Crippen LogP contribution >= 0.6 is 11.6 Å². The lowest BCUT2D eigenvalue weighted by Gasteiger charge is -2.11. The molecule has 0 heterocycles. The standard InChI is InChI=1S/C17H20ClN3O2/c1-11-8-12(4-6-14(11)18)10-20-17(19)21-13-5-7-15(22-2)16(9-13)23-3/h4-9H,10H2,1-3H3,(H3,19,20,21). The van der Waals surface area contributed by atoms with E-state index in [1.54, 1.807) is 26.4 Å². The van der Waals surface area contributed by atoms with E-state index in [1.165, 1.54) is 0 Å². The van der Waals surface area contributed by atoms with Crippen molar-refractivity contribution in [1.29, 1.82) is 0 Å². The number of hydrogen-bond donors (Lipinski definition) is 2. The second-order valence-corrected chi connectivity index (χ2v) is 5.39. The number of hydrogen-bond acceptors (Lipinski definition) is 3. The number of halogens is 1. The fraction of sp³-hybridized carbons (Fsp3) is 0.235. The van der Waals surface area contributed by atoms with Gasteiger partial charge in [-0.1, -0.05) is 23.7 Å². The zero-order valence-electron chi connectivity index (χ0n) is 13.4. The number of rotatable bonds is 5. The van der Waals surface area contributed by atoms with E-state index in [4.69, 9.17) is 26.8 Å². The van der Waals surface area contributed by atoms with Gasteiger partial charge in [0.2, 0.25) is 0 Å². The lowest BCUT2D eigenvalue weighted by molar-refractivity contribution is 0.355. The maximum atomic E-state index is 6.01. The lowest BCUT2D eigenvalue weighted by atomic mass is 10.1. The van der Waals surface area contributed by atoms with Crippen LogP contribution in [0.25, 0.3) is 0 Å². The summed E-state index contributed by atoms with van der Waals surface area (Å²) in [5, 5.41) is 3.77. The van der Waals surface area contributed by atoms with Crippen LogP contribution in [-0.4, -0.2) is 20.2 Å². The number of aliphatic imine (C=N–C) groups is 1. The Bertz CT molecular complexity index is 717. The van der Waals surface area contributed by atoms with Crippen LogP contribution in [0.15, 0.2) is 41.4 Å². The minimum atomic E-state index is 0.324. The number of methoxy groups -OCH3 is 2. The minimum absolute atomic E-state index is 0.324. The van der Waals surface area contributed by atoms with Crippen LogP contribution in [-0.2, 0) is 6.54 Å². The Hall–Kier alpha value is -2.40. The van der Waals surface area contributed by atoms with Crippen LogP contribution in [0.1, 0.15) is 11.1 Å². The number of ether oxygens (including phenoxy) is 2. The molecule has 23 heavy (non-hydrogen) atoms. The highest BCUT2D eigenvalue weighted by Gasteiger charge is 2.05. The number of nitrogens with zero attached hydrogens (tertiary/aromatic N) is 1. The Morgan fingerprint density at radius 2 is 1.87 bits per heavy atom. The molecule has 0 aliphatic heterocycles. The first-order valence-corrected chi connectivity index (χ1v) is 7.45. The van der Waals surface area contributed by atoms with Gasteiger partial charge in [0.25, 0.3) is 0 Å². The number of anilines is 1. The quantitative estimate of drug-likeness (QED) is 0.648. The Balaban J connectivity index is 2.05. The predicted molar refractivity (Wildman–Crippen MR) is 94.7 cm³/mol. The molecule has 0 fully saturated rings. The molecular weight excluding hydrogens is 314 g/mol. The van der Waals surface area contributed by atoms with Gasteiger partial charge in [0.15, 0.2) is 17.5 Å². The molecule has 0 aromatic heterocycles. The monoisotopic (exact) mass is 333 g/mol. The second kappa shape index (κ2) is 7.74. The van der Waals surface area contributed by atoms with Crippen LogP contribution < -0.4 is 20.5 Å². The van der Waals surface area contributed by atoms with E-state index >= 15 is 0 Å². The third-order valence-corrected chi connectivity index (χ3v) is 3.73. The third-order valence-electron chi connectivity index (χ3n) is 3.31. The van der Waals surface area contributed by atoms with Crippen molar-refractivity contribution in [2.75, 3.05) is 19.5 Å². The summed E-state index contributed by atoms with van der Waals surface area (Å²) < 4.78 is 10.5. The molecule has 0 atom stereocenters. The van der Waals surface area contributed by atoms with Gasteiger partial charge in [-0.3, -0.25) is 0 Å². The molecule has 0 spiro atoms. The molecule has 3 N–H and O–H groups in total. The summed E-state index contributed by atoms with van der Waals surface area (Å²) in [7, 11) is 3.18. The van der Waals surface area contributed by atoms with Crippen LogP contribution in [0.5, 0.6) is 11.5 Å². The average molecular weight is 334 g/mol. The first kappa shape index (κ1) is 17.0. The first-order valence-electron chi connectivity index (χ1n) is 7.07. The van der Waals surface area contributed by atoms with Gasteiger partial charge in [-0.05, 0) is 36.2 Å². The maximum absolute atomic E-state index is 6.01. The van der Waals surface area contributed by atoms with E-state index in [1.807, 2.05) is 31.2 Å². The lowest BCUT2D eigenvalue weighted by Crippen LogP contribution is -2.22. The molecule has 0 radical (unpaired) electrons. The van der Waals surface area contributed by atoms with Crippen molar-refractivity contribution in [3.8, 4) is 11.5 Å². The van der Waals surface area contributed by atoms with Crippen molar-refractivity contribution >= 4 is 23.2 Å². The fourth-order valence-corrected chi connectivity index (χ4v) is 2.20. The highest BCUT2D eigenvalue weighted by Crippen LogP contribution is 2.29. The van der Waals surface area contributed by atoms with Gasteiger partial charge < -0.3 is 20.5 Å². The van der Waals surface area contributed by atoms with Gasteiger partial charge >= 0.3 is 0 Å². The molecule has 5 nitrogen and oxygen atoms in total. The summed E-state index contributed by atoms with van der Waals surface area (Å²) >= 11 is 6.01. The minimum Gasteiger partial charge on any atom is -0.493 e. The summed E-state index contributed by atoms with van der Waals surface area (Å²) in [4.78, 5) is 4.33. The molecule has 2 rings (SSSR count). The molecule has 0 amide bonds. The SMILES string of the molecule is COc1ccc(NC(N)=NCc2ccc(Cl)c(C)c2)cc1OC. The van der Waals surface area contributed by atoms with Crippen molar-refractivity contribution in [3.05, 3.63) is 52.5 Å². The molecule has 6 heteroatoms. The van der Waals surface area contributed by atoms with Gasteiger partial charge in [0.1, 0.15) is 0 Å². The predicted octanol–water partition coefficient (Wildman–Crippen LogP) is 3.59. The molecular formula is C17H20ClN3O2.